The average molecular weight is 516 g/mol. The largest absolute Gasteiger partial charge is 0.347 e. The fraction of sp³-hybridized carbons (Fsp3) is 0.567. The number of H-pyrrole nitrogens is 2. The van der Waals surface area contributed by atoms with Gasteiger partial charge in [-0.25, -0.2) is 9.97 Å². The van der Waals surface area contributed by atoms with Crippen molar-refractivity contribution >= 4 is 5.91 Å². The molecule has 0 unspecified atom stereocenters. The van der Waals surface area contributed by atoms with E-state index in [0.717, 1.165) is 24.2 Å². The van der Waals surface area contributed by atoms with Crippen molar-refractivity contribution in [2.45, 2.75) is 77.0 Å². The lowest BCUT2D eigenvalue weighted by molar-refractivity contribution is 0.0615. The topological polar surface area (TPSA) is 84.2 Å². The van der Waals surface area contributed by atoms with Gasteiger partial charge in [-0.05, 0) is 74.8 Å². The number of aromatic amines is 2. The second kappa shape index (κ2) is 11.4. The van der Waals surface area contributed by atoms with Crippen LogP contribution in [0.25, 0.3) is 0 Å². The second-order valence-corrected chi connectivity index (χ2v) is 11.7. The van der Waals surface area contributed by atoms with Crippen molar-refractivity contribution in [3.63, 3.8) is 0 Å². The molecule has 4 heterocycles. The highest BCUT2D eigenvalue weighted by Gasteiger charge is 2.41. The van der Waals surface area contributed by atoms with Crippen molar-refractivity contribution in [2.24, 2.45) is 5.41 Å². The van der Waals surface area contributed by atoms with Gasteiger partial charge in [0.1, 0.15) is 11.6 Å². The maximum absolute atomic E-state index is 13.4. The van der Waals surface area contributed by atoms with Crippen LogP contribution in [0.3, 0.4) is 0 Å². The summed E-state index contributed by atoms with van der Waals surface area (Å²) in [5.74, 6) is 1.50. The molecule has 3 aliphatic rings. The number of nitrogens with one attached hydrogen (secondary N) is 2. The fourth-order valence-corrected chi connectivity index (χ4v) is 6.90. The molecule has 0 bridgehead atoms. The molecule has 1 aliphatic carbocycles. The molecular weight excluding hydrogens is 474 g/mol. The summed E-state index contributed by atoms with van der Waals surface area (Å²) < 4.78 is 0. The lowest BCUT2D eigenvalue weighted by Crippen LogP contribution is -2.46. The normalized spacial score (nSPS) is 20.7. The number of hydrogen-bond donors (Lipinski definition) is 2. The Balaban J connectivity index is 1.04. The van der Waals surface area contributed by atoms with Crippen LogP contribution >= 0.6 is 0 Å². The van der Waals surface area contributed by atoms with Crippen LogP contribution in [0.4, 0.5) is 0 Å². The molecule has 2 aliphatic heterocycles. The zero-order chi connectivity index (χ0) is 25.8. The molecule has 1 spiro atoms. The first-order valence-corrected chi connectivity index (χ1v) is 14.5. The van der Waals surface area contributed by atoms with Crippen molar-refractivity contribution in [1.29, 1.82) is 0 Å². The van der Waals surface area contributed by atoms with E-state index in [1.54, 1.807) is 29.7 Å². The number of likely N-dealkylation sites (tertiary alicyclic amines) is 2. The number of nitrogens with zero attached hydrogens (tertiary/aromatic N) is 5. The van der Waals surface area contributed by atoms with Crippen molar-refractivity contribution in [2.75, 3.05) is 26.2 Å². The van der Waals surface area contributed by atoms with Gasteiger partial charge in [0, 0.05) is 49.5 Å². The molecule has 6 rings (SSSR count). The molecule has 2 N–H and O–H groups in total. The van der Waals surface area contributed by atoms with E-state index < -0.39 is 0 Å². The Morgan fingerprint density at radius 1 is 0.895 bits per heavy atom. The van der Waals surface area contributed by atoms with Gasteiger partial charge < -0.3 is 19.8 Å². The zero-order valence-electron chi connectivity index (χ0n) is 22.4. The Hall–Kier alpha value is -2.97. The molecule has 2 saturated heterocycles. The Bertz CT molecular complexity index is 1110. The summed E-state index contributed by atoms with van der Waals surface area (Å²) in [6.07, 6.45) is 18.1. The molecule has 1 saturated carbocycles. The lowest BCUT2D eigenvalue weighted by atomic mass is 9.77. The first-order chi connectivity index (χ1) is 18.7. The number of aromatic nitrogens is 4. The number of amides is 1. The third kappa shape index (κ3) is 5.86. The van der Waals surface area contributed by atoms with Gasteiger partial charge in [-0.15, -0.1) is 0 Å². The summed E-state index contributed by atoms with van der Waals surface area (Å²) in [5.41, 5.74) is 2.49. The Morgan fingerprint density at radius 3 is 2.13 bits per heavy atom. The standard InChI is InChI=1S/C30H41N7O/c38-29(37(21-27-31-13-14-32-27)22-28-33-15-16-34-28)25-8-6-24(7-9-25)20-35-17-10-30(23-35)11-18-36(19-12-30)26-4-2-1-3-5-26/h6-9,13-16,26H,1-5,10-12,17-23H2,(H,31,32)(H,33,34). The number of carbonyl (C=O) groups is 1. The number of carbonyl (C=O) groups excluding carboxylic acids is 1. The van der Waals surface area contributed by atoms with Gasteiger partial charge in [0.15, 0.2) is 0 Å². The van der Waals surface area contributed by atoms with Crippen LogP contribution in [-0.4, -0.2) is 72.8 Å². The van der Waals surface area contributed by atoms with Crippen LogP contribution in [0.1, 0.15) is 78.9 Å². The van der Waals surface area contributed by atoms with Gasteiger partial charge in [-0.1, -0.05) is 31.4 Å². The van der Waals surface area contributed by atoms with Crippen LogP contribution in [0.15, 0.2) is 49.1 Å². The number of imidazole rings is 2. The molecule has 202 valence electrons. The quantitative estimate of drug-likeness (QED) is 0.458. The maximum Gasteiger partial charge on any atom is 0.254 e. The molecule has 38 heavy (non-hydrogen) atoms. The molecule has 2 aromatic heterocycles. The molecule has 0 radical (unpaired) electrons. The molecular formula is C30H41N7O. The summed E-state index contributed by atoms with van der Waals surface area (Å²) in [5, 5.41) is 0. The minimum absolute atomic E-state index is 0.0193. The van der Waals surface area contributed by atoms with E-state index in [2.05, 4.69) is 41.9 Å². The Kier molecular flexibility index (Phi) is 7.60. The monoisotopic (exact) mass is 515 g/mol. The highest BCUT2D eigenvalue weighted by Crippen LogP contribution is 2.42. The van der Waals surface area contributed by atoms with Crippen molar-refractivity contribution < 1.29 is 4.79 Å². The number of rotatable bonds is 8. The lowest BCUT2D eigenvalue weighted by Gasteiger charge is -2.43. The van der Waals surface area contributed by atoms with Crippen molar-refractivity contribution in [3.8, 4) is 0 Å². The summed E-state index contributed by atoms with van der Waals surface area (Å²) in [7, 11) is 0. The SMILES string of the molecule is O=C(c1ccc(CN2CCC3(CCN(C4CCCCC4)CC3)C2)cc1)N(Cc1ncc[nH]1)Cc1ncc[nH]1. The van der Waals surface area contributed by atoms with Gasteiger partial charge in [0.05, 0.1) is 13.1 Å². The predicted octanol–water partition coefficient (Wildman–Crippen LogP) is 4.60. The van der Waals surface area contributed by atoms with Gasteiger partial charge in [0.2, 0.25) is 0 Å². The van der Waals surface area contributed by atoms with E-state index in [0.29, 0.717) is 24.1 Å². The maximum atomic E-state index is 13.4. The predicted molar refractivity (Wildman–Crippen MR) is 147 cm³/mol. The summed E-state index contributed by atoms with van der Waals surface area (Å²) in [4.78, 5) is 35.5. The molecule has 0 atom stereocenters. The summed E-state index contributed by atoms with van der Waals surface area (Å²) in [6.45, 7) is 6.76. The first-order valence-electron chi connectivity index (χ1n) is 14.5. The fourth-order valence-electron chi connectivity index (χ4n) is 6.90. The van der Waals surface area contributed by atoms with Crippen LogP contribution < -0.4 is 0 Å². The van der Waals surface area contributed by atoms with Crippen molar-refractivity contribution in [3.05, 3.63) is 71.8 Å². The van der Waals surface area contributed by atoms with Crippen LogP contribution in [0.2, 0.25) is 0 Å². The number of benzene rings is 1. The third-order valence-electron chi connectivity index (χ3n) is 9.15. The molecule has 1 aromatic carbocycles. The molecule has 3 aromatic rings. The minimum atomic E-state index is -0.0193. The first kappa shape index (κ1) is 25.3. The molecule has 3 fully saturated rings. The highest BCUT2D eigenvalue weighted by molar-refractivity contribution is 5.94. The van der Waals surface area contributed by atoms with Gasteiger partial charge >= 0.3 is 0 Å². The van der Waals surface area contributed by atoms with Crippen molar-refractivity contribution in [1.82, 2.24) is 34.6 Å². The molecule has 8 heteroatoms. The summed E-state index contributed by atoms with van der Waals surface area (Å²) in [6, 6.07) is 9.06. The minimum Gasteiger partial charge on any atom is -0.347 e. The van der Waals surface area contributed by atoms with Crippen LogP contribution in [0.5, 0.6) is 0 Å². The molecule has 8 nitrogen and oxygen atoms in total. The average Bonchev–Trinajstić information content (AvgIpc) is 3.74. The Labute approximate surface area is 225 Å². The van der Waals surface area contributed by atoms with Gasteiger partial charge in [-0.2, -0.15) is 0 Å². The molecule has 1 amide bonds. The van der Waals surface area contributed by atoms with E-state index in [1.165, 1.54) is 83.1 Å². The summed E-state index contributed by atoms with van der Waals surface area (Å²) >= 11 is 0. The van der Waals surface area contributed by atoms with Crippen LogP contribution in [-0.2, 0) is 19.6 Å². The van der Waals surface area contributed by atoms with E-state index in [4.69, 9.17) is 0 Å². The third-order valence-corrected chi connectivity index (χ3v) is 9.15. The van der Waals surface area contributed by atoms with Gasteiger partial charge in [-0.3, -0.25) is 9.69 Å². The van der Waals surface area contributed by atoms with E-state index in [1.807, 2.05) is 12.1 Å². The zero-order valence-corrected chi connectivity index (χ0v) is 22.4. The van der Waals surface area contributed by atoms with E-state index in [-0.39, 0.29) is 5.91 Å². The highest BCUT2D eigenvalue weighted by atomic mass is 16.2. The Morgan fingerprint density at radius 2 is 1.53 bits per heavy atom. The second-order valence-electron chi connectivity index (χ2n) is 11.7. The smallest absolute Gasteiger partial charge is 0.254 e. The van der Waals surface area contributed by atoms with E-state index >= 15 is 0 Å². The van der Waals surface area contributed by atoms with E-state index in [9.17, 15) is 4.79 Å². The van der Waals surface area contributed by atoms with Crippen LogP contribution in [0, 0.1) is 5.41 Å². The number of piperidine rings is 1. The number of hydrogen-bond acceptors (Lipinski definition) is 5. The van der Waals surface area contributed by atoms with Gasteiger partial charge in [0.25, 0.3) is 5.91 Å².